The van der Waals surface area contributed by atoms with E-state index in [0.29, 0.717) is 17.1 Å². The van der Waals surface area contributed by atoms with Crippen molar-refractivity contribution in [2.75, 3.05) is 0 Å². The number of hydrogen-bond donors (Lipinski definition) is 1. The van der Waals surface area contributed by atoms with Crippen LogP contribution in [0.3, 0.4) is 0 Å². The predicted octanol–water partition coefficient (Wildman–Crippen LogP) is 4.47. The van der Waals surface area contributed by atoms with E-state index < -0.39 is 0 Å². The van der Waals surface area contributed by atoms with Crippen LogP contribution < -0.4 is 5.32 Å². The van der Waals surface area contributed by atoms with Crippen molar-refractivity contribution in [1.29, 1.82) is 0 Å². The molecule has 0 amide bonds. The van der Waals surface area contributed by atoms with Gasteiger partial charge in [0.05, 0.1) is 0 Å². The summed E-state index contributed by atoms with van der Waals surface area (Å²) < 4.78 is 26.4. The second kappa shape index (κ2) is 6.13. The van der Waals surface area contributed by atoms with Gasteiger partial charge in [0.1, 0.15) is 11.6 Å². The van der Waals surface area contributed by atoms with E-state index in [2.05, 4.69) is 5.32 Å². The third-order valence-corrected chi connectivity index (χ3v) is 3.22. The van der Waals surface area contributed by atoms with Crippen LogP contribution >= 0.6 is 11.6 Å². The van der Waals surface area contributed by atoms with Crippen molar-refractivity contribution in [3.63, 3.8) is 0 Å². The van der Waals surface area contributed by atoms with Crippen molar-refractivity contribution >= 4 is 11.6 Å². The zero-order chi connectivity index (χ0) is 13.8. The molecule has 19 heavy (non-hydrogen) atoms. The molecule has 4 heteroatoms. The largest absolute Gasteiger partial charge is 0.306 e. The Balaban J connectivity index is 2.00. The van der Waals surface area contributed by atoms with Gasteiger partial charge in [0, 0.05) is 23.2 Å². The molecule has 0 radical (unpaired) electrons. The molecule has 0 spiro atoms. The van der Waals surface area contributed by atoms with Gasteiger partial charge in [0.15, 0.2) is 0 Å². The van der Waals surface area contributed by atoms with Crippen molar-refractivity contribution in [3.05, 3.63) is 70.2 Å². The molecule has 0 unspecified atom stereocenters. The average molecular weight is 282 g/mol. The number of rotatable bonds is 4. The van der Waals surface area contributed by atoms with E-state index >= 15 is 0 Å². The first-order chi connectivity index (χ1) is 9.06. The highest BCUT2D eigenvalue weighted by atomic mass is 35.5. The first-order valence-corrected chi connectivity index (χ1v) is 6.37. The molecule has 0 fully saturated rings. The second-order valence-corrected chi connectivity index (χ2v) is 4.83. The van der Waals surface area contributed by atoms with Gasteiger partial charge in [-0.25, -0.2) is 8.78 Å². The lowest BCUT2D eigenvalue weighted by Gasteiger charge is -2.14. The maximum absolute atomic E-state index is 13.6. The minimum absolute atomic E-state index is 0.00989. The summed E-state index contributed by atoms with van der Waals surface area (Å²) >= 11 is 5.69. The minimum Gasteiger partial charge on any atom is -0.306 e. The van der Waals surface area contributed by atoms with Gasteiger partial charge < -0.3 is 5.32 Å². The Morgan fingerprint density at radius 1 is 1.11 bits per heavy atom. The monoisotopic (exact) mass is 281 g/mol. The van der Waals surface area contributed by atoms with Gasteiger partial charge in [-0.1, -0.05) is 29.8 Å². The maximum atomic E-state index is 13.6. The highest BCUT2D eigenvalue weighted by Gasteiger charge is 2.07. The number of nitrogens with one attached hydrogen (secondary N) is 1. The molecule has 2 rings (SSSR count). The smallest absolute Gasteiger partial charge is 0.129 e. The van der Waals surface area contributed by atoms with Crippen molar-refractivity contribution in [2.24, 2.45) is 0 Å². The van der Waals surface area contributed by atoms with E-state index in [1.807, 2.05) is 6.92 Å². The molecule has 1 N–H and O–H groups in total. The Labute approximate surface area is 116 Å². The van der Waals surface area contributed by atoms with Crippen LogP contribution in [0, 0.1) is 11.6 Å². The van der Waals surface area contributed by atoms with Crippen LogP contribution in [0.2, 0.25) is 5.02 Å². The van der Waals surface area contributed by atoms with E-state index in [1.54, 1.807) is 24.3 Å². The van der Waals surface area contributed by atoms with Crippen LogP contribution in [0.1, 0.15) is 24.1 Å². The van der Waals surface area contributed by atoms with Crippen LogP contribution in [-0.2, 0) is 6.54 Å². The van der Waals surface area contributed by atoms with Gasteiger partial charge in [-0.15, -0.1) is 0 Å². The first kappa shape index (κ1) is 14.0. The quantitative estimate of drug-likeness (QED) is 0.872. The molecule has 2 aromatic carbocycles. The van der Waals surface area contributed by atoms with E-state index in [1.165, 1.54) is 18.2 Å². The summed E-state index contributed by atoms with van der Waals surface area (Å²) in [5.74, 6) is -0.592. The minimum atomic E-state index is -0.327. The van der Waals surface area contributed by atoms with Gasteiger partial charge >= 0.3 is 0 Å². The summed E-state index contributed by atoms with van der Waals surface area (Å²) in [6, 6.07) is 10.9. The molecule has 1 nitrogen and oxygen atoms in total. The molecule has 0 aliphatic carbocycles. The van der Waals surface area contributed by atoms with E-state index in [-0.39, 0.29) is 17.7 Å². The lowest BCUT2D eigenvalue weighted by molar-refractivity contribution is 0.543. The molecule has 0 bridgehead atoms. The Morgan fingerprint density at radius 2 is 1.79 bits per heavy atom. The maximum Gasteiger partial charge on any atom is 0.129 e. The SMILES string of the molecule is C[C@@H](NCc1ccc(Cl)cc1F)c1ccc(F)cc1. The van der Waals surface area contributed by atoms with Crippen molar-refractivity contribution in [2.45, 2.75) is 19.5 Å². The summed E-state index contributed by atoms with van der Waals surface area (Å²) in [4.78, 5) is 0. The van der Waals surface area contributed by atoms with Crippen LogP contribution in [0.15, 0.2) is 42.5 Å². The van der Waals surface area contributed by atoms with Gasteiger partial charge in [0.25, 0.3) is 0 Å². The molecular weight excluding hydrogens is 268 g/mol. The molecule has 2 aromatic rings. The topological polar surface area (TPSA) is 12.0 Å². The van der Waals surface area contributed by atoms with Crippen molar-refractivity contribution in [1.82, 2.24) is 5.32 Å². The highest BCUT2D eigenvalue weighted by Crippen LogP contribution is 2.17. The highest BCUT2D eigenvalue weighted by molar-refractivity contribution is 6.30. The Hall–Kier alpha value is -1.45. The van der Waals surface area contributed by atoms with Gasteiger partial charge in [-0.3, -0.25) is 0 Å². The zero-order valence-electron chi connectivity index (χ0n) is 10.5. The molecule has 0 aliphatic heterocycles. The Kier molecular flexibility index (Phi) is 4.51. The fourth-order valence-corrected chi connectivity index (χ4v) is 1.96. The predicted molar refractivity (Wildman–Crippen MR) is 73.1 cm³/mol. The molecule has 0 heterocycles. The van der Waals surface area contributed by atoms with E-state index in [0.717, 1.165) is 5.56 Å². The Morgan fingerprint density at radius 3 is 2.42 bits per heavy atom. The molecule has 0 aliphatic rings. The number of benzene rings is 2. The van der Waals surface area contributed by atoms with Crippen molar-refractivity contribution in [3.8, 4) is 0 Å². The number of halogens is 3. The van der Waals surface area contributed by atoms with Crippen LogP contribution in [0.4, 0.5) is 8.78 Å². The molecule has 100 valence electrons. The van der Waals surface area contributed by atoms with Gasteiger partial charge in [0.2, 0.25) is 0 Å². The van der Waals surface area contributed by atoms with E-state index in [4.69, 9.17) is 11.6 Å². The molecular formula is C15H14ClF2N. The fraction of sp³-hybridized carbons (Fsp3) is 0.200. The Bertz CT molecular complexity index is 555. The molecule has 0 saturated heterocycles. The normalized spacial score (nSPS) is 12.4. The van der Waals surface area contributed by atoms with Crippen LogP contribution in [0.5, 0.6) is 0 Å². The van der Waals surface area contributed by atoms with Gasteiger partial charge in [-0.2, -0.15) is 0 Å². The first-order valence-electron chi connectivity index (χ1n) is 5.99. The second-order valence-electron chi connectivity index (χ2n) is 4.39. The third kappa shape index (κ3) is 3.75. The molecule has 0 saturated carbocycles. The summed E-state index contributed by atoms with van der Waals surface area (Å²) in [7, 11) is 0. The summed E-state index contributed by atoms with van der Waals surface area (Å²) in [6.45, 7) is 2.34. The van der Waals surface area contributed by atoms with Gasteiger partial charge in [-0.05, 0) is 36.8 Å². The van der Waals surface area contributed by atoms with Crippen LogP contribution in [0.25, 0.3) is 0 Å². The number of hydrogen-bond acceptors (Lipinski definition) is 1. The summed E-state index contributed by atoms with van der Waals surface area (Å²) in [5, 5.41) is 3.57. The van der Waals surface area contributed by atoms with Crippen molar-refractivity contribution < 1.29 is 8.78 Å². The molecule has 0 aromatic heterocycles. The molecule has 1 atom stereocenters. The summed E-state index contributed by atoms with van der Waals surface area (Å²) in [6.07, 6.45) is 0. The standard InChI is InChI=1S/C15H14ClF2N/c1-10(11-3-6-14(17)7-4-11)19-9-12-2-5-13(16)8-15(12)18/h2-8,10,19H,9H2,1H3/t10-/m1/s1. The zero-order valence-corrected chi connectivity index (χ0v) is 11.2. The fourth-order valence-electron chi connectivity index (χ4n) is 1.80. The average Bonchev–Trinajstić information content (AvgIpc) is 2.38. The lowest BCUT2D eigenvalue weighted by Crippen LogP contribution is -2.18. The van der Waals surface area contributed by atoms with E-state index in [9.17, 15) is 8.78 Å². The lowest BCUT2D eigenvalue weighted by atomic mass is 10.1. The van der Waals surface area contributed by atoms with Crippen LogP contribution in [-0.4, -0.2) is 0 Å². The summed E-state index contributed by atoms with van der Waals surface area (Å²) in [5.41, 5.74) is 1.51. The third-order valence-electron chi connectivity index (χ3n) is 2.98.